The Bertz CT molecular complexity index is 1120. The Kier molecular flexibility index (Phi) is 6.00. The van der Waals surface area contributed by atoms with Crippen LogP contribution in [0.4, 0.5) is 4.39 Å². The van der Waals surface area contributed by atoms with E-state index in [9.17, 15) is 19.1 Å². The minimum absolute atomic E-state index is 0.253. The molecule has 5 nitrogen and oxygen atoms in total. The van der Waals surface area contributed by atoms with Gasteiger partial charge in [0.05, 0.1) is 11.3 Å². The Morgan fingerprint density at radius 2 is 1.79 bits per heavy atom. The van der Waals surface area contributed by atoms with Gasteiger partial charge < -0.3 is 10.4 Å². The first-order valence-electron chi connectivity index (χ1n) is 8.78. The van der Waals surface area contributed by atoms with Crippen LogP contribution >= 0.6 is 0 Å². The van der Waals surface area contributed by atoms with Gasteiger partial charge in [-0.05, 0) is 48.7 Å². The Morgan fingerprint density at radius 3 is 2.45 bits per heavy atom. The summed E-state index contributed by atoms with van der Waals surface area (Å²) in [6, 6.07) is 16.3. The predicted octanol–water partition coefficient (Wildman–Crippen LogP) is 3.48. The number of carbonyl (C=O) groups excluding carboxylic acids is 1. The van der Waals surface area contributed by atoms with E-state index in [-0.39, 0.29) is 11.4 Å². The molecule has 0 bridgehead atoms. The third-order valence-electron chi connectivity index (χ3n) is 4.15. The van der Waals surface area contributed by atoms with Gasteiger partial charge in [-0.1, -0.05) is 42.3 Å². The number of nitrogens with zero attached hydrogens (tertiary/aromatic N) is 1. The number of carboxylic acid groups (broad SMARTS) is 1. The molecule has 0 spiro atoms. The second-order valence-corrected chi connectivity index (χ2v) is 6.25. The number of benzene rings is 2. The second kappa shape index (κ2) is 8.81. The van der Waals surface area contributed by atoms with Gasteiger partial charge in [-0.25, -0.2) is 14.2 Å². The van der Waals surface area contributed by atoms with Crippen molar-refractivity contribution >= 4 is 11.9 Å². The van der Waals surface area contributed by atoms with Crippen LogP contribution in [0.15, 0.2) is 66.7 Å². The van der Waals surface area contributed by atoms with Gasteiger partial charge in [0.2, 0.25) is 0 Å². The van der Waals surface area contributed by atoms with Gasteiger partial charge in [0.1, 0.15) is 11.5 Å². The number of carboxylic acids is 1. The molecule has 0 aliphatic heterocycles. The number of carbonyl (C=O) groups is 2. The van der Waals surface area contributed by atoms with E-state index >= 15 is 0 Å². The number of aryl methyl sites for hydroxylation is 1. The summed E-state index contributed by atoms with van der Waals surface area (Å²) in [5.74, 6) is 3.56. The smallest absolute Gasteiger partial charge is 0.330 e. The summed E-state index contributed by atoms with van der Waals surface area (Å²) in [7, 11) is 0. The largest absolute Gasteiger partial charge is 0.479 e. The Balaban J connectivity index is 1.79. The molecule has 1 heterocycles. The monoisotopic (exact) mass is 388 g/mol. The van der Waals surface area contributed by atoms with E-state index in [2.05, 4.69) is 22.1 Å². The number of pyridine rings is 1. The van der Waals surface area contributed by atoms with Crippen LogP contribution in [-0.4, -0.2) is 22.0 Å². The number of aliphatic carboxylic acids is 1. The lowest BCUT2D eigenvalue weighted by Crippen LogP contribution is -2.34. The maximum absolute atomic E-state index is 13.2. The number of nitrogens with one attached hydrogen (secondary N) is 1. The SMILES string of the molecule is Cc1nc(C#Cc2cccc(F)c2)ccc1C(=O)NC(C(=O)O)c1ccccc1. The molecule has 0 aliphatic carbocycles. The van der Waals surface area contributed by atoms with Crippen molar-refractivity contribution in [3.05, 3.63) is 101 Å². The third kappa shape index (κ3) is 5.05. The molecule has 6 heteroatoms. The molecule has 144 valence electrons. The molecule has 1 amide bonds. The molecule has 3 aromatic rings. The first-order valence-corrected chi connectivity index (χ1v) is 8.78. The van der Waals surface area contributed by atoms with Gasteiger partial charge in [-0.15, -0.1) is 0 Å². The van der Waals surface area contributed by atoms with Crippen LogP contribution in [0.2, 0.25) is 0 Å². The molecule has 1 unspecified atom stereocenters. The predicted molar refractivity (Wildman–Crippen MR) is 106 cm³/mol. The molecule has 1 atom stereocenters. The highest BCUT2D eigenvalue weighted by molar-refractivity contribution is 5.97. The molecule has 0 aliphatic rings. The Hall–Kier alpha value is -3.98. The van der Waals surface area contributed by atoms with E-state index in [0.29, 0.717) is 22.5 Å². The van der Waals surface area contributed by atoms with E-state index in [4.69, 9.17) is 0 Å². The molecule has 0 fully saturated rings. The maximum atomic E-state index is 13.2. The topological polar surface area (TPSA) is 79.3 Å². The molecule has 2 N–H and O–H groups in total. The van der Waals surface area contributed by atoms with Gasteiger partial charge in [0.15, 0.2) is 6.04 Å². The Labute approximate surface area is 167 Å². The van der Waals surface area contributed by atoms with Crippen LogP contribution in [-0.2, 0) is 4.79 Å². The van der Waals surface area contributed by atoms with Crippen molar-refractivity contribution in [3.63, 3.8) is 0 Å². The molecule has 0 saturated carbocycles. The lowest BCUT2D eigenvalue weighted by Gasteiger charge is -2.15. The van der Waals surface area contributed by atoms with Crippen molar-refractivity contribution < 1.29 is 19.1 Å². The fraction of sp³-hybridized carbons (Fsp3) is 0.0870. The highest BCUT2D eigenvalue weighted by atomic mass is 19.1. The highest BCUT2D eigenvalue weighted by Crippen LogP contribution is 2.15. The molecule has 29 heavy (non-hydrogen) atoms. The Morgan fingerprint density at radius 1 is 1.03 bits per heavy atom. The molecule has 0 radical (unpaired) electrons. The van der Waals surface area contributed by atoms with Gasteiger partial charge in [0.25, 0.3) is 5.91 Å². The summed E-state index contributed by atoms with van der Waals surface area (Å²) >= 11 is 0. The molecular formula is C23H17FN2O3. The molecule has 2 aromatic carbocycles. The summed E-state index contributed by atoms with van der Waals surface area (Å²) in [6.07, 6.45) is 0. The number of hydrogen-bond acceptors (Lipinski definition) is 3. The number of rotatable bonds is 4. The standard InChI is InChI=1S/C23H17FN2O3/c1-15-20(22(27)26-21(23(28)29)17-7-3-2-4-8-17)13-12-19(25-15)11-10-16-6-5-9-18(24)14-16/h2-9,12-14,21H,1H3,(H,26,27)(H,28,29). The van der Waals surface area contributed by atoms with E-state index in [0.717, 1.165) is 0 Å². The first-order chi connectivity index (χ1) is 13.9. The minimum atomic E-state index is -1.17. The van der Waals surface area contributed by atoms with Crippen LogP contribution in [0.1, 0.15) is 38.9 Å². The first kappa shape index (κ1) is 19.8. The number of halogens is 1. The zero-order valence-corrected chi connectivity index (χ0v) is 15.5. The van der Waals surface area contributed by atoms with Crippen LogP contribution in [0, 0.1) is 24.6 Å². The number of aromatic nitrogens is 1. The third-order valence-corrected chi connectivity index (χ3v) is 4.15. The van der Waals surface area contributed by atoms with Crippen molar-refractivity contribution in [1.82, 2.24) is 10.3 Å². The molecule has 3 rings (SSSR count). The average molecular weight is 388 g/mol. The van der Waals surface area contributed by atoms with Crippen LogP contribution < -0.4 is 5.32 Å². The fourth-order valence-electron chi connectivity index (χ4n) is 2.72. The molecular weight excluding hydrogens is 371 g/mol. The summed E-state index contributed by atoms with van der Waals surface area (Å²) in [5.41, 5.74) is 2.06. The normalized spacial score (nSPS) is 11.1. The highest BCUT2D eigenvalue weighted by Gasteiger charge is 2.23. The van der Waals surface area contributed by atoms with Crippen molar-refractivity contribution in [1.29, 1.82) is 0 Å². The van der Waals surface area contributed by atoms with Crippen molar-refractivity contribution in [2.45, 2.75) is 13.0 Å². The minimum Gasteiger partial charge on any atom is -0.479 e. The van der Waals surface area contributed by atoms with Crippen LogP contribution in [0.5, 0.6) is 0 Å². The van der Waals surface area contributed by atoms with Gasteiger partial charge in [0, 0.05) is 5.56 Å². The summed E-state index contributed by atoms with van der Waals surface area (Å²) in [4.78, 5) is 28.4. The van der Waals surface area contributed by atoms with Gasteiger partial charge >= 0.3 is 5.97 Å². The van der Waals surface area contributed by atoms with Crippen LogP contribution in [0.3, 0.4) is 0 Å². The molecule has 1 aromatic heterocycles. The van der Waals surface area contributed by atoms with E-state index < -0.39 is 17.9 Å². The van der Waals surface area contributed by atoms with Crippen molar-refractivity contribution in [3.8, 4) is 11.8 Å². The van der Waals surface area contributed by atoms with Crippen molar-refractivity contribution in [2.75, 3.05) is 0 Å². The van der Waals surface area contributed by atoms with E-state index in [1.54, 1.807) is 55.5 Å². The summed E-state index contributed by atoms with van der Waals surface area (Å²) in [5, 5.41) is 12.0. The van der Waals surface area contributed by atoms with Gasteiger partial charge in [-0.3, -0.25) is 4.79 Å². The second-order valence-electron chi connectivity index (χ2n) is 6.25. The zero-order chi connectivity index (χ0) is 20.8. The summed E-state index contributed by atoms with van der Waals surface area (Å²) in [6.45, 7) is 1.64. The quantitative estimate of drug-likeness (QED) is 0.671. The van der Waals surface area contributed by atoms with E-state index in [1.807, 2.05) is 0 Å². The van der Waals surface area contributed by atoms with Crippen LogP contribution in [0.25, 0.3) is 0 Å². The van der Waals surface area contributed by atoms with Crippen molar-refractivity contribution in [2.24, 2.45) is 0 Å². The maximum Gasteiger partial charge on any atom is 0.330 e. The van der Waals surface area contributed by atoms with Gasteiger partial charge in [-0.2, -0.15) is 0 Å². The van der Waals surface area contributed by atoms with E-state index in [1.165, 1.54) is 18.2 Å². The average Bonchev–Trinajstić information content (AvgIpc) is 2.71. The lowest BCUT2D eigenvalue weighted by atomic mass is 10.1. The fourth-order valence-corrected chi connectivity index (χ4v) is 2.72. The molecule has 0 saturated heterocycles. The lowest BCUT2D eigenvalue weighted by molar-refractivity contribution is -0.139. The number of amides is 1. The summed E-state index contributed by atoms with van der Waals surface area (Å²) < 4.78 is 13.2. The number of hydrogen-bond donors (Lipinski definition) is 2. The zero-order valence-electron chi connectivity index (χ0n) is 15.5.